The van der Waals surface area contributed by atoms with Crippen LogP contribution in [0.5, 0.6) is 0 Å². The van der Waals surface area contributed by atoms with Crippen LogP contribution in [0, 0.1) is 0 Å². The summed E-state index contributed by atoms with van der Waals surface area (Å²) in [6.07, 6.45) is 10.7. The lowest BCUT2D eigenvalue weighted by Crippen LogP contribution is -2.30. The highest BCUT2D eigenvalue weighted by Gasteiger charge is 2.14. The number of hydrogen-bond donors (Lipinski definition) is 1. The molecule has 1 heterocycles. The molecule has 0 radical (unpaired) electrons. The Hall–Kier alpha value is -0.340. The SMILES string of the molecule is CCN1CC=C(CCNC2CCCC2)CC1. The first kappa shape index (κ1) is 12.1. The standard InChI is InChI=1S/C14H26N2/c1-2-16-11-8-13(9-12-16)7-10-15-14-5-3-4-6-14/h8,14-15H,2-7,9-12H2,1H3. The van der Waals surface area contributed by atoms with E-state index >= 15 is 0 Å². The van der Waals surface area contributed by atoms with Crippen molar-refractivity contribution in [3.63, 3.8) is 0 Å². The van der Waals surface area contributed by atoms with Crippen LogP contribution in [0.2, 0.25) is 0 Å². The summed E-state index contributed by atoms with van der Waals surface area (Å²) >= 11 is 0. The Morgan fingerprint density at radius 3 is 2.81 bits per heavy atom. The third-order valence-corrected chi connectivity index (χ3v) is 4.07. The van der Waals surface area contributed by atoms with Gasteiger partial charge in [-0.2, -0.15) is 0 Å². The molecule has 16 heavy (non-hydrogen) atoms. The molecule has 0 aromatic carbocycles. The van der Waals surface area contributed by atoms with E-state index in [0.29, 0.717) is 0 Å². The number of nitrogens with one attached hydrogen (secondary N) is 1. The molecule has 2 nitrogen and oxygen atoms in total. The minimum atomic E-state index is 0.830. The van der Waals surface area contributed by atoms with Crippen LogP contribution in [0.25, 0.3) is 0 Å². The van der Waals surface area contributed by atoms with Crippen LogP contribution >= 0.6 is 0 Å². The summed E-state index contributed by atoms with van der Waals surface area (Å²) < 4.78 is 0. The molecule has 0 amide bonds. The largest absolute Gasteiger partial charge is 0.314 e. The molecule has 1 saturated carbocycles. The van der Waals surface area contributed by atoms with Gasteiger partial charge in [-0.1, -0.05) is 31.4 Å². The van der Waals surface area contributed by atoms with Crippen LogP contribution < -0.4 is 5.32 Å². The zero-order valence-corrected chi connectivity index (χ0v) is 10.7. The monoisotopic (exact) mass is 222 g/mol. The van der Waals surface area contributed by atoms with Crippen molar-refractivity contribution in [2.45, 2.75) is 51.5 Å². The highest BCUT2D eigenvalue weighted by molar-refractivity contribution is 5.07. The zero-order chi connectivity index (χ0) is 11.2. The molecular weight excluding hydrogens is 196 g/mol. The summed E-state index contributed by atoms with van der Waals surface area (Å²) in [4.78, 5) is 2.51. The second kappa shape index (κ2) is 6.41. The Morgan fingerprint density at radius 1 is 1.38 bits per heavy atom. The van der Waals surface area contributed by atoms with Crippen LogP contribution in [0.4, 0.5) is 0 Å². The summed E-state index contributed by atoms with van der Waals surface area (Å²) in [5.41, 5.74) is 1.68. The number of nitrogens with zero attached hydrogens (tertiary/aromatic N) is 1. The fourth-order valence-electron chi connectivity index (χ4n) is 2.83. The van der Waals surface area contributed by atoms with Crippen molar-refractivity contribution < 1.29 is 0 Å². The second-order valence-electron chi connectivity index (χ2n) is 5.19. The minimum absolute atomic E-state index is 0.830. The Balaban J connectivity index is 1.61. The zero-order valence-electron chi connectivity index (χ0n) is 10.7. The molecule has 2 heteroatoms. The molecule has 1 N–H and O–H groups in total. The molecule has 1 aliphatic carbocycles. The molecule has 0 unspecified atom stereocenters. The van der Waals surface area contributed by atoms with Gasteiger partial charge in [0.1, 0.15) is 0 Å². The lowest BCUT2D eigenvalue weighted by atomic mass is 10.0. The van der Waals surface area contributed by atoms with Gasteiger partial charge < -0.3 is 5.32 Å². The quantitative estimate of drug-likeness (QED) is 0.719. The van der Waals surface area contributed by atoms with Gasteiger partial charge in [-0.3, -0.25) is 4.90 Å². The van der Waals surface area contributed by atoms with Crippen LogP contribution in [-0.2, 0) is 0 Å². The molecule has 0 atom stereocenters. The van der Waals surface area contributed by atoms with E-state index in [9.17, 15) is 0 Å². The van der Waals surface area contributed by atoms with Gasteiger partial charge in [0.2, 0.25) is 0 Å². The lowest BCUT2D eigenvalue weighted by Gasteiger charge is -2.25. The molecule has 1 fully saturated rings. The van der Waals surface area contributed by atoms with Crippen molar-refractivity contribution in [1.82, 2.24) is 10.2 Å². The summed E-state index contributed by atoms with van der Waals surface area (Å²) in [6, 6.07) is 0.830. The van der Waals surface area contributed by atoms with Gasteiger partial charge in [-0.15, -0.1) is 0 Å². The number of likely N-dealkylation sites (N-methyl/N-ethyl adjacent to an activating group) is 1. The minimum Gasteiger partial charge on any atom is -0.314 e. The molecule has 0 saturated heterocycles. The Bertz CT molecular complexity index is 229. The van der Waals surface area contributed by atoms with Gasteiger partial charge in [0.05, 0.1) is 0 Å². The van der Waals surface area contributed by atoms with Gasteiger partial charge in [0.25, 0.3) is 0 Å². The molecule has 0 spiro atoms. The van der Waals surface area contributed by atoms with Gasteiger partial charge in [0.15, 0.2) is 0 Å². The Morgan fingerprint density at radius 2 is 2.19 bits per heavy atom. The van der Waals surface area contributed by atoms with Crippen LogP contribution in [0.1, 0.15) is 45.4 Å². The molecular formula is C14H26N2. The van der Waals surface area contributed by atoms with E-state index in [2.05, 4.69) is 23.2 Å². The molecule has 0 aromatic heterocycles. The second-order valence-corrected chi connectivity index (χ2v) is 5.19. The van der Waals surface area contributed by atoms with Crippen LogP contribution in [0.3, 0.4) is 0 Å². The molecule has 2 aliphatic rings. The predicted molar refractivity (Wildman–Crippen MR) is 69.7 cm³/mol. The van der Waals surface area contributed by atoms with Crippen molar-refractivity contribution in [3.8, 4) is 0 Å². The van der Waals surface area contributed by atoms with E-state index in [4.69, 9.17) is 0 Å². The normalized spacial score (nSPS) is 23.7. The lowest BCUT2D eigenvalue weighted by molar-refractivity contribution is 0.307. The molecule has 1 aliphatic heterocycles. The summed E-state index contributed by atoms with van der Waals surface area (Å²) in [5.74, 6) is 0. The van der Waals surface area contributed by atoms with Crippen molar-refractivity contribution in [1.29, 1.82) is 0 Å². The predicted octanol–water partition coefficient (Wildman–Crippen LogP) is 2.56. The summed E-state index contributed by atoms with van der Waals surface area (Å²) in [6.45, 7) is 7.09. The smallest absolute Gasteiger partial charge is 0.0165 e. The number of rotatable bonds is 5. The van der Waals surface area contributed by atoms with Gasteiger partial charge in [0, 0.05) is 19.1 Å². The Kier molecular flexibility index (Phi) is 4.86. The highest BCUT2D eigenvalue weighted by atomic mass is 15.1. The average molecular weight is 222 g/mol. The van der Waals surface area contributed by atoms with E-state index in [1.807, 2.05) is 0 Å². The third kappa shape index (κ3) is 3.60. The van der Waals surface area contributed by atoms with E-state index in [1.54, 1.807) is 5.57 Å². The van der Waals surface area contributed by atoms with Crippen LogP contribution in [0.15, 0.2) is 11.6 Å². The molecule has 92 valence electrons. The molecule has 0 aromatic rings. The molecule has 0 bridgehead atoms. The maximum atomic E-state index is 3.70. The first-order valence-electron chi connectivity index (χ1n) is 7.02. The third-order valence-electron chi connectivity index (χ3n) is 4.07. The van der Waals surface area contributed by atoms with Gasteiger partial charge in [-0.05, 0) is 38.8 Å². The van der Waals surface area contributed by atoms with Crippen molar-refractivity contribution in [3.05, 3.63) is 11.6 Å². The van der Waals surface area contributed by atoms with Crippen molar-refractivity contribution in [2.75, 3.05) is 26.2 Å². The van der Waals surface area contributed by atoms with E-state index in [0.717, 1.165) is 6.04 Å². The van der Waals surface area contributed by atoms with E-state index in [-0.39, 0.29) is 0 Å². The fraction of sp³-hybridized carbons (Fsp3) is 0.857. The summed E-state index contributed by atoms with van der Waals surface area (Å²) in [5, 5.41) is 3.70. The van der Waals surface area contributed by atoms with Gasteiger partial charge in [-0.25, -0.2) is 0 Å². The molecule has 2 rings (SSSR count). The maximum absolute atomic E-state index is 3.70. The average Bonchev–Trinajstić information content (AvgIpc) is 2.83. The summed E-state index contributed by atoms with van der Waals surface area (Å²) in [7, 11) is 0. The topological polar surface area (TPSA) is 15.3 Å². The first-order chi connectivity index (χ1) is 7.88. The first-order valence-corrected chi connectivity index (χ1v) is 7.02. The van der Waals surface area contributed by atoms with Crippen LogP contribution in [-0.4, -0.2) is 37.1 Å². The number of hydrogen-bond acceptors (Lipinski definition) is 2. The van der Waals surface area contributed by atoms with E-state index in [1.165, 1.54) is 64.7 Å². The van der Waals surface area contributed by atoms with Crippen molar-refractivity contribution in [2.24, 2.45) is 0 Å². The van der Waals surface area contributed by atoms with E-state index < -0.39 is 0 Å². The van der Waals surface area contributed by atoms with Crippen molar-refractivity contribution >= 4 is 0 Å². The highest BCUT2D eigenvalue weighted by Crippen LogP contribution is 2.18. The maximum Gasteiger partial charge on any atom is 0.0165 e. The fourth-order valence-corrected chi connectivity index (χ4v) is 2.83. The van der Waals surface area contributed by atoms with Gasteiger partial charge >= 0.3 is 0 Å². The Labute approximate surface area is 100 Å².